The number of thiocarbonyl (C=S) groups is 1. The Morgan fingerprint density at radius 1 is 1.31 bits per heavy atom. The molecular formula is C11H14OS. The van der Waals surface area contributed by atoms with Gasteiger partial charge >= 0.3 is 0 Å². The molecule has 0 aromatic heterocycles. The van der Waals surface area contributed by atoms with Gasteiger partial charge in [-0.1, -0.05) is 42.5 Å². The predicted molar refractivity (Wildman–Crippen MR) is 59.0 cm³/mol. The summed E-state index contributed by atoms with van der Waals surface area (Å²) < 4.78 is 0. The fraction of sp³-hybridized carbons (Fsp3) is 0.364. The van der Waals surface area contributed by atoms with Gasteiger partial charge in [-0.05, 0) is 23.8 Å². The first kappa shape index (κ1) is 10.4. The van der Waals surface area contributed by atoms with Crippen LogP contribution in [-0.2, 0) is 6.42 Å². The van der Waals surface area contributed by atoms with E-state index in [1.165, 1.54) is 5.56 Å². The van der Waals surface area contributed by atoms with Crippen molar-refractivity contribution >= 4 is 17.6 Å². The summed E-state index contributed by atoms with van der Waals surface area (Å²) in [5.41, 5.74) is 1.27. The number of aliphatic hydroxyl groups is 1. The molecule has 2 heteroatoms. The van der Waals surface area contributed by atoms with Crippen molar-refractivity contribution < 1.29 is 5.11 Å². The lowest BCUT2D eigenvalue weighted by Crippen LogP contribution is -2.07. The molecule has 70 valence electrons. The number of hydrogen-bond donors (Lipinski definition) is 1. The van der Waals surface area contributed by atoms with Gasteiger partial charge in [0.15, 0.2) is 0 Å². The van der Waals surface area contributed by atoms with E-state index in [0.29, 0.717) is 6.42 Å². The molecule has 13 heavy (non-hydrogen) atoms. The third-order valence-corrected chi connectivity index (χ3v) is 2.17. The van der Waals surface area contributed by atoms with Gasteiger partial charge < -0.3 is 5.11 Å². The molecular weight excluding hydrogens is 180 g/mol. The Labute approximate surface area is 84.4 Å². The number of rotatable bonds is 5. The van der Waals surface area contributed by atoms with Crippen LogP contribution in [0.5, 0.6) is 0 Å². The summed E-state index contributed by atoms with van der Waals surface area (Å²) in [6.07, 6.45) is 2.04. The van der Waals surface area contributed by atoms with Crippen molar-refractivity contribution in [3.8, 4) is 0 Å². The van der Waals surface area contributed by atoms with E-state index in [9.17, 15) is 5.11 Å². The fourth-order valence-corrected chi connectivity index (χ4v) is 1.43. The van der Waals surface area contributed by atoms with Crippen LogP contribution in [0.2, 0.25) is 0 Å². The number of hydrogen-bond acceptors (Lipinski definition) is 2. The molecule has 0 spiro atoms. The van der Waals surface area contributed by atoms with E-state index in [2.05, 4.69) is 24.4 Å². The molecule has 0 saturated carbocycles. The second kappa shape index (κ2) is 5.84. The van der Waals surface area contributed by atoms with Gasteiger partial charge in [-0.2, -0.15) is 0 Å². The van der Waals surface area contributed by atoms with Gasteiger partial charge in [0, 0.05) is 6.42 Å². The average Bonchev–Trinajstić information content (AvgIpc) is 2.17. The molecule has 1 rings (SSSR count). The van der Waals surface area contributed by atoms with Crippen LogP contribution in [0.1, 0.15) is 18.4 Å². The topological polar surface area (TPSA) is 20.2 Å². The quantitative estimate of drug-likeness (QED) is 0.726. The van der Waals surface area contributed by atoms with E-state index in [0.717, 1.165) is 12.8 Å². The average molecular weight is 194 g/mol. The SMILES string of the molecule is O[C@@H](CC=S)CCc1ccccc1. The molecule has 0 saturated heterocycles. The molecule has 0 aliphatic carbocycles. The van der Waals surface area contributed by atoms with Gasteiger partial charge in [0.05, 0.1) is 6.10 Å². The molecule has 0 aliphatic heterocycles. The van der Waals surface area contributed by atoms with Crippen molar-refractivity contribution in [2.24, 2.45) is 0 Å². The minimum Gasteiger partial charge on any atom is -0.393 e. The lowest BCUT2D eigenvalue weighted by atomic mass is 10.1. The van der Waals surface area contributed by atoms with Crippen LogP contribution in [0.15, 0.2) is 30.3 Å². The fourth-order valence-electron chi connectivity index (χ4n) is 1.21. The Kier molecular flexibility index (Phi) is 4.65. The molecule has 1 atom stereocenters. The highest BCUT2D eigenvalue weighted by Crippen LogP contribution is 2.06. The summed E-state index contributed by atoms with van der Waals surface area (Å²) in [7, 11) is 0. The Morgan fingerprint density at radius 3 is 2.62 bits per heavy atom. The van der Waals surface area contributed by atoms with Crippen molar-refractivity contribution in [1.82, 2.24) is 0 Å². The Balaban J connectivity index is 2.30. The van der Waals surface area contributed by atoms with Crippen LogP contribution in [0, 0.1) is 0 Å². The zero-order valence-corrected chi connectivity index (χ0v) is 8.33. The maximum atomic E-state index is 9.41. The predicted octanol–water partition coefficient (Wildman–Crippen LogP) is 2.37. The number of aliphatic hydroxyl groups excluding tert-OH is 1. The van der Waals surface area contributed by atoms with E-state index in [4.69, 9.17) is 0 Å². The lowest BCUT2D eigenvalue weighted by Gasteiger charge is -2.06. The molecule has 0 amide bonds. The molecule has 0 radical (unpaired) electrons. The monoisotopic (exact) mass is 194 g/mol. The Hall–Kier alpha value is -0.730. The minimum atomic E-state index is -0.280. The molecule has 0 unspecified atom stereocenters. The summed E-state index contributed by atoms with van der Waals surface area (Å²) in [5.74, 6) is 0. The van der Waals surface area contributed by atoms with Crippen molar-refractivity contribution in [3.63, 3.8) is 0 Å². The van der Waals surface area contributed by atoms with Crippen LogP contribution in [-0.4, -0.2) is 16.6 Å². The van der Waals surface area contributed by atoms with E-state index in [-0.39, 0.29) is 6.10 Å². The first-order chi connectivity index (χ1) is 6.33. The van der Waals surface area contributed by atoms with Crippen molar-refractivity contribution in [1.29, 1.82) is 0 Å². The summed E-state index contributed by atoms with van der Waals surface area (Å²) >= 11 is 4.67. The molecule has 0 fully saturated rings. The maximum Gasteiger partial charge on any atom is 0.0586 e. The highest BCUT2D eigenvalue weighted by molar-refractivity contribution is 7.78. The molecule has 0 aliphatic rings. The first-order valence-electron chi connectivity index (χ1n) is 4.48. The molecule has 1 aromatic rings. The maximum absolute atomic E-state index is 9.41. The molecule has 0 heterocycles. The highest BCUT2D eigenvalue weighted by atomic mass is 32.1. The van der Waals surface area contributed by atoms with Gasteiger partial charge in [-0.15, -0.1) is 0 Å². The normalized spacial score (nSPS) is 12.4. The Bertz CT molecular complexity index is 246. The van der Waals surface area contributed by atoms with Crippen molar-refractivity contribution in [3.05, 3.63) is 35.9 Å². The van der Waals surface area contributed by atoms with Crippen LogP contribution in [0.25, 0.3) is 0 Å². The van der Waals surface area contributed by atoms with Crippen LogP contribution >= 0.6 is 12.2 Å². The van der Waals surface area contributed by atoms with Crippen LogP contribution in [0.3, 0.4) is 0 Å². The van der Waals surface area contributed by atoms with Crippen molar-refractivity contribution in [2.75, 3.05) is 0 Å². The summed E-state index contributed by atoms with van der Waals surface area (Å²) in [5, 5.41) is 11.0. The third-order valence-electron chi connectivity index (χ3n) is 1.98. The largest absolute Gasteiger partial charge is 0.393 e. The number of benzene rings is 1. The number of aryl methyl sites for hydroxylation is 1. The van der Waals surface area contributed by atoms with Gasteiger partial charge in [-0.25, -0.2) is 0 Å². The van der Waals surface area contributed by atoms with E-state index in [1.807, 2.05) is 18.2 Å². The molecule has 0 bridgehead atoms. The third kappa shape index (κ3) is 4.15. The van der Waals surface area contributed by atoms with E-state index < -0.39 is 0 Å². The lowest BCUT2D eigenvalue weighted by molar-refractivity contribution is 0.174. The van der Waals surface area contributed by atoms with E-state index in [1.54, 1.807) is 5.37 Å². The summed E-state index contributed by atoms with van der Waals surface area (Å²) in [6.45, 7) is 0. The zero-order valence-electron chi connectivity index (χ0n) is 7.52. The van der Waals surface area contributed by atoms with Crippen molar-refractivity contribution in [2.45, 2.75) is 25.4 Å². The zero-order chi connectivity index (χ0) is 9.52. The second-order valence-corrected chi connectivity index (χ2v) is 3.41. The first-order valence-corrected chi connectivity index (χ1v) is 4.95. The van der Waals surface area contributed by atoms with Gasteiger partial charge in [0.2, 0.25) is 0 Å². The second-order valence-electron chi connectivity index (χ2n) is 3.08. The van der Waals surface area contributed by atoms with Gasteiger partial charge in [0.1, 0.15) is 0 Å². The van der Waals surface area contributed by atoms with Crippen LogP contribution in [0.4, 0.5) is 0 Å². The highest BCUT2D eigenvalue weighted by Gasteiger charge is 2.01. The van der Waals surface area contributed by atoms with Crippen LogP contribution < -0.4 is 0 Å². The Morgan fingerprint density at radius 2 is 2.00 bits per heavy atom. The molecule has 1 nitrogen and oxygen atoms in total. The molecule has 1 N–H and O–H groups in total. The smallest absolute Gasteiger partial charge is 0.0586 e. The minimum absolute atomic E-state index is 0.280. The summed E-state index contributed by atoms with van der Waals surface area (Å²) in [4.78, 5) is 0. The van der Waals surface area contributed by atoms with E-state index >= 15 is 0 Å². The summed E-state index contributed by atoms with van der Waals surface area (Å²) in [6, 6.07) is 10.2. The standard InChI is InChI=1S/C11H14OS/c12-11(8-9-13)7-6-10-4-2-1-3-5-10/h1-5,9,11-12H,6-8H2/t11-/m1/s1. The van der Waals surface area contributed by atoms with Gasteiger partial charge in [0.25, 0.3) is 0 Å². The molecule has 1 aromatic carbocycles. The van der Waals surface area contributed by atoms with Gasteiger partial charge in [-0.3, -0.25) is 0 Å².